The quantitative estimate of drug-likeness (QED) is 0.921. The number of nitrogens with one attached hydrogen (secondary N) is 1. The van der Waals surface area contributed by atoms with Crippen LogP contribution < -0.4 is 5.32 Å². The number of hydrogen-bond donors (Lipinski definition) is 1. The molecule has 0 bridgehead atoms. The zero-order chi connectivity index (χ0) is 12.1. The highest BCUT2D eigenvalue weighted by Crippen LogP contribution is 2.13. The van der Waals surface area contributed by atoms with Gasteiger partial charge in [0.25, 0.3) is 0 Å². The van der Waals surface area contributed by atoms with Crippen LogP contribution in [0.1, 0.15) is 24.2 Å². The fraction of sp³-hybridized carbons (Fsp3) is 0.333. The molecule has 0 aliphatic carbocycles. The Morgan fingerprint density at radius 1 is 1.29 bits per heavy atom. The third-order valence-corrected chi connectivity index (χ3v) is 2.84. The van der Waals surface area contributed by atoms with Gasteiger partial charge in [0, 0.05) is 4.47 Å². The summed E-state index contributed by atoms with van der Waals surface area (Å²) in [6, 6.07) is 8.09. The molecule has 0 aliphatic rings. The smallest absolute Gasteiger partial charge is 0.231 e. The third-order valence-electron chi connectivity index (χ3n) is 2.31. The Hall–Kier alpha value is -1.20. The van der Waals surface area contributed by atoms with Crippen molar-refractivity contribution in [2.45, 2.75) is 19.9 Å². The van der Waals surface area contributed by atoms with Crippen molar-refractivity contribution in [3.63, 3.8) is 0 Å². The molecule has 1 heterocycles. The van der Waals surface area contributed by atoms with Crippen LogP contribution in [-0.4, -0.2) is 16.7 Å². The van der Waals surface area contributed by atoms with E-state index in [1.165, 1.54) is 0 Å². The fourth-order valence-electron chi connectivity index (χ4n) is 1.45. The summed E-state index contributed by atoms with van der Waals surface area (Å²) >= 11 is 3.40. The molecule has 90 valence electrons. The molecule has 1 aromatic carbocycles. The molecule has 4 nitrogen and oxygen atoms in total. The topological polar surface area (TPSA) is 51.0 Å². The zero-order valence-electron chi connectivity index (χ0n) is 9.61. The Kier molecular flexibility index (Phi) is 4.28. The molecule has 1 N–H and O–H groups in total. The van der Waals surface area contributed by atoms with Crippen molar-refractivity contribution in [1.82, 2.24) is 15.5 Å². The first-order valence-electron chi connectivity index (χ1n) is 5.54. The van der Waals surface area contributed by atoms with Gasteiger partial charge in [-0.2, -0.15) is 4.98 Å². The molecule has 0 radical (unpaired) electrons. The van der Waals surface area contributed by atoms with Crippen molar-refractivity contribution in [3.05, 3.63) is 46.0 Å². The summed E-state index contributed by atoms with van der Waals surface area (Å²) in [4.78, 5) is 4.31. The number of benzene rings is 1. The normalized spacial score (nSPS) is 10.7. The summed E-state index contributed by atoms with van der Waals surface area (Å²) in [6.07, 6.45) is 0.673. The predicted octanol–water partition coefficient (Wildman–Crippen LogP) is 2.53. The summed E-state index contributed by atoms with van der Waals surface area (Å²) in [6.45, 7) is 3.60. The molecule has 0 unspecified atom stereocenters. The van der Waals surface area contributed by atoms with Crippen LogP contribution in [0.2, 0.25) is 0 Å². The van der Waals surface area contributed by atoms with Crippen molar-refractivity contribution >= 4 is 15.9 Å². The maximum absolute atomic E-state index is 5.18. The summed E-state index contributed by atoms with van der Waals surface area (Å²) in [5.41, 5.74) is 1.16. The Bertz CT molecular complexity index is 467. The van der Waals surface area contributed by atoms with Crippen LogP contribution in [0.25, 0.3) is 0 Å². The summed E-state index contributed by atoms with van der Waals surface area (Å²) in [5.74, 6) is 1.36. The zero-order valence-corrected chi connectivity index (χ0v) is 11.2. The van der Waals surface area contributed by atoms with E-state index in [4.69, 9.17) is 4.52 Å². The van der Waals surface area contributed by atoms with E-state index in [1.54, 1.807) is 0 Å². The van der Waals surface area contributed by atoms with Crippen LogP contribution >= 0.6 is 15.9 Å². The Labute approximate surface area is 109 Å². The molecule has 17 heavy (non-hydrogen) atoms. The van der Waals surface area contributed by atoms with Gasteiger partial charge in [0.15, 0.2) is 5.82 Å². The lowest BCUT2D eigenvalue weighted by molar-refractivity contribution is 0.378. The third kappa shape index (κ3) is 3.64. The lowest BCUT2D eigenvalue weighted by Crippen LogP contribution is -2.12. The van der Waals surface area contributed by atoms with Crippen LogP contribution in [0.4, 0.5) is 0 Å². The second-order valence-corrected chi connectivity index (χ2v) is 4.60. The summed E-state index contributed by atoms with van der Waals surface area (Å²) < 4.78 is 6.25. The average Bonchev–Trinajstić information content (AvgIpc) is 2.77. The van der Waals surface area contributed by atoms with Gasteiger partial charge in [-0.1, -0.05) is 40.1 Å². The van der Waals surface area contributed by atoms with Gasteiger partial charge in [-0.25, -0.2) is 0 Å². The molecule has 0 atom stereocenters. The van der Waals surface area contributed by atoms with Gasteiger partial charge < -0.3 is 9.84 Å². The van der Waals surface area contributed by atoms with E-state index in [-0.39, 0.29) is 0 Å². The first kappa shape index (κ1) is 12.3. The molecule has 1 aromatic heterocycles. The van der Waals surface area contributed by atoms with Gasteiger partial charge in [0.1, 0.15) is 0 Å². The molecule has 0 aliphatic heterocycles. The van der Waals surface area contributed by atoms with Crippen LogP contribution in [0.5, 0.6) is 0 Å². The number of nitrogens with zero attached hydrogens (tertiary/aromatic N) is 2. The van der Waals surface area contributed by atoms with Crippen molar-refractivity contribution < 1.29 is 4.52 Å². The molecule has 0 saturated heterocycles. The molecule has 2 aromatic rings. The predicted molar refractivity (Wildman–Crippen MR) is 68.6 cm³/mol. The van der Waals surface area contributed by atoms with E-state index in [2.05, 4.69) is 31.4 Å². The minimum absolute atomic E-state index is 0.653. The Morgan fingerprint density at radius 3 is 2.76 bits per heavy atom. The first-order valence-corrected chi connectivity index (χ1v) is 6.34. The highest BCUT2D eigenvalue weighted by molar-refractivity contribution is 9.10. The van der Waals surface area contributed by atoms with E-state index >= 15 is 0 Å². The standard InChI is InChI=1S/C12H14BrN3O/c1-2-14-8-11-15-12(17-16-11)7-9-3-5-10(13)6-4-9/h3-6,14H,2,7-8H2,1H3. The number of rotatable bonds is 5. The molecular formula is C12H14BrN3O. The van der Waals surface area contributed by atoms with Gasteiger partial charge in [0.05, 0.1) is 13.0 Å². The highest BCUT2D eigenvalue weighted by atomic mass is 79.9. The number of halogens is 1. The van der Waals surface area contributed by atoms with Gasteiger partial charge in [-0.05, 0) is 24.2 Å². The van der Waals surface area contributed by atoms with Crippen molar-refractivity contribution in [3.8, 4) is 0 Å². The summed E-state index contributed by atoms with van der Waals surface area (Å²) in [5, 5.41) is 7.07. The molecule has 0 fully saturated rings. The minimum atomic E-state index is 0.653. The van der Waals surface area contributed by atoms with Crippen LogP contribution in [0, 0.1) is 0 Å². The second kappa shape index (κ2) is 5.93. The van der Waals surface area contributed by atoms with Crippen molar-refractivity contribution in [2.24, 2.45) is 0 Å². The van der Waals surface area contributed by atoms with Crippen molar-refractivity contribution in [2.75, 3.05) is 6.54 Å². The maximum Gasteiger partial charge on any atom is 0.231 e. The monoisotopic (exact) mass is 295 g/mol. The van der Waals surface area contributed by atoms with Crippen LogP contribution in [0.3, 0.4) is 0 Å². The SMILES string of the molecule is CCNCc1noc(Cc2ccc(Br)cc2)n1. The lowest BCUT2D eigenvalue weighted by Gasteiger charge is -1.96. The lowest BCUT2D eigenvalue weighted by atomic mass is 10.1. The maximum atomic E-state index is 5.18. The minimum Gasteiger partial charge on any atom is -0.339 e. The highest BCUT2D eigenvalue weighted by Gasteiger charge is 2.06. The molecule has 5 heteroatoms. The summed E-state index contributed by atoms with van der Waals surface area (Å²) in [7, 11) is 0. The van der Waals surface area contributed by atoms with Crippen LogP contribution in [0.15, 0.2) is 33.3 Å². The van der Waals surface area contributed by atoms with E-state index < -0.39 is 0 Å². The van der Waals surface area contributed by atoms with Gasteiger partial charge in [0.2, 0.25) is 5.89 Å². The van der Waals surface area contributed by atoms with E-state index in [1.807, 2.05) is 31.2 Å². The van der Waals surface area contributed by atoms with Gasteiger partial charge in [-0.3, -0.25) is 0 Å². The molecule has 0 saturated carbocycles. The van der Waals surface area contributed by atoms with Gasteiger partial charge in [-0.15, -0.1) is 0 Å². The van der Waals surface area contributed by atoms with E-state index in [9.17, 15) is 0 Å². The van der Waals surface area contributed by atoms with Crippen LogP contribution in [-0.2, 0) is 13.0 Å². The molecule has 0 amide bonds. The number of aromatic nitrogens is 2. The fourth-order valence-corrected chi connectivity index (χ4v) is 1.71. The molecule has 0 spiro atoms. The van der Waals surface area contributed by atoms with E-state index in [0.717, 1.165) is 16.6 Å². The molecule has 2 rings (SSSR count). The number of hydrogen-bond acceptors (Lipinski definition) is 4. The largest absolute Gasteiger partial charge is 0.339 e. The Balaban J connectivity index is 1.98. The molecular weight excluding hydrogens is 282 g/mol. The second-order valence-electron chi connectivity index (χ2n) is 3.69. The van der Waals surface area contributed by atoms with Crippen molar-refractivity contribution in [1.29, 1.82) is 0 Å². The van der Waals surface area contributed by atoms with Gasteiger partial charge >= 0.3 is 0 Å². The first-order chi connectivity index (χ1) is 8.28. The van der Waals surface area contributed by atoms with E-state index in [0.29, 0.717) is 24.7 Å². The Morgan fingerprint density at radius 2 is 2.06 bits per heavy atom. The average molecular weight is 296 g/mol.